The van der Waals surface area contributed by atoms with Gasteiger partial charge >= 0.3 is 12.2 Å². The van der Waals surface area contributed by atoms with Gasteiger partial charge in [-0.15, -0.1) is 4.90 Å². The zero-order valence-corrected chi connectivity index (χ0v) is 27.0. The van der Waals surface area contributed by atoms with Crippen molar-refractivity contribution < 1.29 is 45.7 Å². The molecule has 0 spiro atoms. The van der Waals surface area contributed by atoms with Crippen molar-refractivity contribution in [3.8, 4) is 11.6 Å². The van der Waals surface area contributed by atoms with Gasteiger partial charge in [-0.2, -0.15) is 4.98 Å². The van der Waals surface area contributed by atoms with Gasteiger partial charge in [-0.25, -0.2) is 41.1 Å². The summed E-state index contributed by atoms with van der Waals surface area (Å²) in [6, 6.07) is 3.49. The summed E-state index contributed by atoms with van der Waals surface area (Å²) in [6.45, 7) is 11.1. The molecule has 1 aromatic heterocycles. The number of ether oxygens (including phenoxy) is 4. The first kappa shape index (κ1) is 33.6. The van der Waals surface area contributed by atoms with Crippen molar-refractivity contribution in [3.63, 3.8) is 0 Å². The predicted octanol–water partition coefficient (Wildman–Crippen LogP) is 4.87. The number of rotatable bonds is 3. The standard InChI is InChI=1S/C29H35F2N5O8S/c1-27(2,3)43-25(37)36(26(38)44-28(4,5)6)24-34-29(7,16-45(39,40)35(24)8)18-13-17(9-10-19(18)30)14-20(31)22-32-15-21-23(33-22)42-12-11-41-21/h9-10,13-15H,11-12,16H2,1-8H3. The smallest absolute Gasteiger partial charge is 0.427 e. The van der Waals surface area contributed by atoms with Crippen molar-refractivity contribution in [1.82, 2.24) is 19.2 Å². The number of aromatic nitrogens is 2. The molecular formula is C29H35F2N5O8S. The number of nitrogens with zero attached hydrogens (tertiary/aromatic N) is 5. The van der Waals surface area contributed by atoms with Crippen LogP contribution in [-0.4, -0.2) is 83.0 Å². The highest BCUT2D eigenvalue weighted by Gasteiger charge is 2.48. The Bertz CT molecular complexity index is 1660. The van der Waals surface area contributed by atoms with Crippen LogP contribution in [0, 0.1) is 5.82 Å². The van der Waals surface area contributed by atoms with E-state index in [1.807, 2.05) is 0 Å². The summed E-state index contributed by atoms with van der Waals surface area (Å²) in [5.41, 5.74) is -4.22. The van der Waals surface area contributed by atoms with Crippen molar-refractivity contribution in [1.29, 1.82) is 0 Å². The quantitative estimate of drug-likeness (QED) is 0.450. The lowest BCUT2D eigenvalue weighted by Crippen LogP contribution is -2.58. The first-order chi connectivity index (χ1) is 20.7. The molecular weight excluding hydrogens is 616 g/mol. The van der Waals surface area contributed by atoms with Crippen molar-refractivity contribution in [2.75, 3.05) is 26.0 Å². The van der Waals surface area contributed by atoms with Crippen LogP contribution >= 0.6 is 0 Å². The molecule has 0 radical (unpaired) electrons. The molecule has 2 aliphatic rings. The van der Waals surface area contributed by atoms with Gasteiger partial charge in [0.1, 0.15) is 35.8 Å². The number of carbonyl (C=O) groups is 2. The largest absolute Gasteiger partial charge is 0.483 e. The second-order valence-corrected chi connectivity index (χ2v) is 14.5. The minimum absolute atomic E-state index is 0.0695. The Hall–Kier alpha value is -4.34. The number of amides is 2. The van der Waals surface area contributed by atoms with E-state index in [9.17, 15) is 18.0 Å². The van der Waals surface area contributed by atoms with Crippen LogP contribution in [-0.2, 0) is 25.0 Å². The van der Waals surface area contributed by atoms with Crippen LogP contribution in [0.2, 0.25) is 0 Å². The normalized spacial score (nSPS) is 19.8. The minimum Gasteiger partial charge on any atom is -0.483 e. The van der Waals surface area contributed by atoms with Gasteiger partial charge < -0.3 is 18.9 Å². The number of halogens is 2. The van der Waals surface area contributed by atoms with Gasteiger partial charge in [-0.3, -0.25) is 0 Å². The molecule has 2 aliphatic heterocycles. The van der Waals surface area contributed by atoms with Gasteiger partial charge in [0.25, 0.3) is 5.88 Å². The topological polar surface area (TPSA) is 150 Å². The molecule has 2 amide bonds. The third kappa shape index (κ3) is 7.67. The summed E-state index contributed by atoms with van der Waals surface area (Å²) < 4.78 is 79.7. The molecule has 16 heteroatoms. The maximum Gasteiger partial charge on any atom is 0.427 e. The Morgan fingerprint density at radius 1 is 1.07 bits per heavy atom. The van der Waals surface area contributed by atoms with E-state index in [1.54, 1.807) is 41.5 Å². The van der Waals surface area contributed by atoms with Crippen LogP contribution in [0.3, 0.4) is 0 Å². The van der Waals surface area contributed by atoms with Gasteiger partial charge in [0.05, 0.1) is 11.9 Å². The maximum atomic E-state index is 15.4. The minimum atomic E-state index is -4.33. The molecule has 0 fully saturated rings. The van der Waals surface area contributed by atoms with Gasteiger partial charge in [-0.05, 0) is 72.2 Å². The average molecular weight is 652 g/mol. The summed E-state index contributed by atoms with van der Waals surface area (Å²) in [7, 11) is -3.24. The second kappa shape index (κ2) is 11.9. The number of imide groups is 1. The van der Waals surface area contributed by atoms with Crippen molar-refractivity contribution >= 4 is 40.1 Å². The fourth-order valence-electron chi connectivity index (χ4n) is 4.30. The van der Waals surface area contributed by atoms with Crippen LogP contribution in [0.4, 0.5) is 18.4 Å². The van der Waals surface area contributed by atoms with Gasteiger partial charge in [0.2, 0.25) is 16.0 Å². The molecule has 0 saturated heterocycles. The number of benzene rings is 1. The highest BCUT2D eigenvalue weighted by atomic mass is 32.2. The van der Waals surface area contributed by atoms with E-state index in [0.29, 0.717) is 15.8 Å². The number of fused-ring (bicyclic) bond motifs is 1. The zero-order valence-electron chi connectivity index (χ0n) is 26.2. The third-order valence-corrected chi connectivity index (χ3v) is 8.17. The lowest BCUT2D eigenvalue weighted by atomic mass is 9.92. The van der Waals surface area contributed by atoms with Crippen molar-refractivity contribution in [2.45, 2.75) is 65.2 Å². The van der Waals surface area contributed by atoms with E-state index in [4.69, 9.17) is 18.9 Å². The Morgan fingerprint density at radius 2 is 1.67 bits per heavy atom. The van der Waals surface area contributed by atoms with Crippen LogP contribution < -0.4 is 9.47 Å². The molecule has 3 heterocycles. The van der Waals surface area contributed by atoms with Gasteiger partial charge in [0.15, 0.2) is 17.4 Å². The molecule has 2 aromatic rings. The van der Waals surface area contributed by atoms with Gasteiger partial charge in [-0.1, -0.05) is 6.07 Å². The molecule has 0 N–H and O–H groups in total. The van der Waals surface area contributed by atoms with E-state index in [0.717, 1.165) is 19.2 Å². The monoisotopic (exact) mass is 651 g/mol. The SMILES string of the molecule is CN1C(N(C(=O)OC(C)(C)C)C(=O)OC(C)(C)C)=NC(C)(c2cc(C=C(F)c3ncc4c(n3)OCCO4)ccc2F)CS1(=O)=O. The van der Waals surface area contributed by atoms with Crippen molar-refractivity contribution in [3.05, 3.63) is 47.2 Å². The first-order valence-corrected chi connectivity index (χ1v) is 15.4. The lowest BCUT2D eigenvalue weighted by molar-refractivity contribution is 0.0133. The van der Waals surface area contributed by atoms with E-state index >= 15 is 8.78 Å². The molecule has 4 rings (SSSR count). The number of aliphatic imine (C=N–C) groups is 1. The van der Waals surface area contributed by atoms with E-state index in [2.05, 4.69) is 15.0 Å². The highest BCUT2D eigenvalue weighted by Crippen LogP contribution is 2.36. The van der Waals surface area contributed by atoms with Crippen LogP contribution in [0.15, 0.2) is 29.4 Å². The highest BCUT2D eigenvalue weighted by molar-refractivity contribution is 7.89. The average Bonchev–Trinajstić information content (AvgIpc) is 2.90. The Labute approximate surface area is 259 Å². The van der Waals surface area contributed by atoms with Crippen LogP contribution in [0.1, 0.15) is 65.4 Å². The third-order valence-electron chi connectivity index (χ3n) is 6.24. The fraction of sp³-hybridized carbons (Fsp3) is 0.483. The summed E-state index contributed by atoms with van der Waals surface area (Å²) in [5, 5.41) is 0. The van der Waals surface area contributed by atoms with Crippen molar-refractivity contribution in [2.24, 2.45) is 4.99 Å². The Kier molecular flexibility index (Phi) is 8.85. The number of hydrogen-bond acceptors (Lipinski definition) is 11. The van der Waals surface area contributed by atoms with E-state index < -0.39 is 62.3 Å². The molecule has 0 aliphatic carbocycles. The molecule has 1 aromatic carbocycles. The molecule has 0 saturated carbocycles. The summed E-state index contributed by atoms with van der Waals surface area (Å²) in [4.78, 5) is 39.3. The van der Waals surface area contributed by atoms with E-state index in [-0.39, 0.29) is 35.2 Å². The zero-order chi connectivity index (χ0) is 33.5. The van der Waals surface area contributed by atoms with Gasteiger partial charge in [0, 0.05) is 12.6 Å². The summed E-state index contributed by atoms with van der Waals surface area (Å²) in [6.07, 6.45) is -0.234. The van der Waals surface area contributed by atoms with Crippen LogP contribution in [0.5, 0.6) is 11.6 Å². The molecule has 13 nitrogen and oxygen atoms in total. The molecule has 0 bridgehead atoms. The lowest BCUT2D eigenvalue weighted by Gasteiger charge is -2.39. The number of hydrogen-bond donors (Lipinski definition) is 0. The van der Waals surface area contributed by atoms with E-state index in [1.165, 1.54) is 25.3 Å². The molecule has 244 valence electrons. The van der Waals surface area contributed by atoms with Crippen LogP contribution in [0.25, 0.3) is 11.9 Å². The Balaban J connectivity index is 1.81. The fourth-order valence-corrected chi connectivity index (χ4v) is 5.80. The first-order valence-electron chi connectivity index (χ1n) is 13.8. The number of guanidine groups is 1. The predicted molar refractivity (Wildman–Crippen MR) is 159 cm³/mol. The number of carbonyl (C=O) groups excluding carboxylic acids is 2. The number of sulfonamides is 1. The summed E-state index contributed by atoms with van der Waals surface area (Å²) >= 11 is 0. The second-order valence-electron chi connectivity index (χ2n) is 12.5. The molecule has 45 heavy (non-hydrogen) atoms. The molecule has 1 unspecified atom stereocenters. The Morgan fingerprint density at radius 3 is 2.27 bits per heavy atom. The molecule has 1 atom stereocenters. The summed E-state index contributed by atoms with van der Waals surface area (Å²) in [5.74, 6) is -3.18. The maximum absolute atomic E-state index is 15.4.